The molecule has 1 aromatic carbocycles. The van der Waals surface area contributed by atoms with Gasteiger partial charge in [0.25, 0.3) is 0 Å². The van der Waals surface area contributed by atoms with Crippen molar-refractivity contribution in [3.8, 4) is 0 Å². The average molecular weight is 269 g/mol. The molecule has 5 heteroatoms. The van der Waals surface area contributed by atoms with E-state index in [0.717, 1.165) is 11.5 Å². The van der Waals surface area contributed by atoms with Crippen molar-refractivity contribution in [2.24, 2.45) is 5.16 Å². The summed E-state index contributed by atoms with van der Waals surface area (Å²) in [7, 11) is 0. The van der Waals surface area contributed by atoms with Crippen LogP contribution in [0.3, 0.4) is 0 Å². The molecule has 2 rings (SSSR count). The number of hydrogen-bond donors (Lipinski definition) is 1. The molecule has 1 atom stereocenters. The van der Waals surface area contributed by atoms with E-state index in [1.54, 1.807) is 12.1 Å². The van der Waals surface area contributed by atoms with Gasteiger partial charge < -0.3 is 9.94 Å². The second-order valence-electron chi connectivity index (χ2n) is 4.89. The molecule has 0 amide bonds. The molecule has 0 saturated heterocycles. The van der Waals surface area contributed by atoms with E-state index >= 15 is 0 Å². The molecule has 0 saturated carbocycles. The average Bonchev–Trinajstić information content (AvgIpc) is 2.67. The molecule has 1 unspecified atom stereocenters. The first-order valence-electron chi connectivity index (χ1n) is 5.78. The second-order valence-corrected chi connectivity index (χ2v) is 5.98. The molecule has 0 radical (unpaired) electrons. The quantitative estimate of drug-likeness (QED) is 0.916. The van der Waals surface area contributed by atoms with E-state index < -0.39 is 6.10 Å². The Balaban J connectivity index is 1.86. The Labute approximate surface area is 110 Å². The smallest absolute Gasteiger partial charge is 0.138 e. The van der Waals surface area contributed by atoms with Gasteiger partial charge in [0, 0.05) is 12.2 Å². The van der Waals surface area contributed by atoms with E-state index in [1.165, 1.54) is 23.9 Å². The van der Waals surface area contributed by atoms with Gasteiger partial charge in [0.05, 0.1) is 6.10 Å². The van der Waals surface area contributed by atoms with Crippen LogP contribution in [0.5, 0.6) is 0 Å². The van der Waals surface area contributed by atoms with Crippen LogP contribution in [0, 0.1) is 5.82 Å². The third-order valence-electron chi connectivity index (χ3n) is 2.63. The third-order valence-corrected chi connectivity index (χ3v) is 3.67. The molecule has 1 aromatic rings. The van der Waals surface area contributed by atoms with Gasteiger partial charge in [-0.3, -0.25) is 0 Å². The lowest BCUT2D eigenvalue weighted by Gasteiger charge is -2.13. The fraction of sp³-hybridized carbons (Fsp3) is 0.462. The molecule has 0 aliphatic carbocycles. The molecule has 1 heterocycles. The molecule has 98 valence electrons. The van der Waals surface area contributed by atoms with Crippen LogP contribution in [0.1, 0.15) is 31.9 Å². The zero-order chi connectivity index (χ0) is 13.2. The van der Waals surface area contributed by atoms with Gasteiger partial charge >= 0.3 is 0 Å². The second kappa shape index (κ2) is 5.28. The van der Waals surface area contributed by atoms with Gasteiger partial charge in [-0.15, -0.1) is 11.8 Å². The third kappa shape index (κ3) is 3.46. The van der Waals surface area contributed by atoms with Crippen molar-refractivity contribution in [1.82, 2.24) is 0 Å². The van der Waals surface area contributed by atoms with Crippen LogP contribution in [0.15, 0.2) is 29.4 Å². The van der Waals surface area contributed by atoms with Crippen LogP contribution < -0.4 is 0 Å². The lowest BCUT2D eigenvalue weighted by Crippen LogP contribution is -2.18. The van der Waals surface area contributed by atoms with Gasteiger partial charge in [-0.1, -0.05) is 17.3 Å². The minimum Gasteiger partial charge on any atom is -0.389 e. The van der Waals surface area contributed by atoms with Crippen molar-refractivity contribution >= 4 is 16.8 Å². The van der Waals surface area contributed by atoms with E-state index in [-0.39, 0.29) is 11.4 Å². The molecule has 1 aliphatic rings. The van der Waals surface area contributed by atoms with Crippen LogP contribution in [-0.4, -0.2) is 21.5 Å². The number of oxime groups is 1. The number of halogens is 1. The molecule has 0 fully saturated rings. The minimum atomic E-state index is -0.623. The predicted molar refractivity (Wildman–Crippen MR) is 71.0 cm³/mol. The highest BCUT2D eigenvalue weighted by molar-refractivity contribution is 8.13. The predicted octanol–water partition coefficient (Wildman–Crippen LogP) is 3.10. The van der Waals surface area contributed by atoms with E-state index in [1.807, 2.05) is 13.8 Å². The fourth-order valence-electron chi connectivity index (χ4n) is 1.64. The summed E-state index contributed by atoms with van der Waals surface area (Å²) in [5, 5.41) is 14.8. The van der Waals surface area contributed by atoms with Crippen molar-refractivity contribution in [2.75, 3.05) is 5.75 Å². The summed E-state index contributed by atoms with van der Waals surface area (Å²) in [6, 6.07) is 5.89. The fourth-order valence-corrected chi connectivity index (χ4v) is 2.72. The summed E-state index contributed by atoms with van der Waals surface area (Å²) in [6.07, 6.45) is 0.135. The summed E-state index contributed by atoms with van der Waals surface area (Å²) in [4.78, 5) is 5.24. The molecule has 3 nitrogen and oxygen atoms in total. The first-order valence-corrected chi connectivity index (χ1v) is 6.76. The van der Waals surface area contributed by atoms with E-state index in [9.17, 15) is 9.50 Å². The summed E-state index contributed by atoms with van der Waals surface area (Å²) >= 11 is 1.47. The van der Waals surface area contributed by atoms with Crippen molar-refractivity contribution in [1.29, 1.82) is 0 Å². The largest absolute Gasteiger partial charge is 0.389 e. The summed E-state index contributed by atoms with van der Waals surface area (Å²) in [5.41, 5.74) is 0.464. The molecule has 0 aromatic heterocycles. The van der Waals surface area contributed by atoms with Gasteiger partial charge in [0.2, 0.25) is 0 Å². The topological polar surface area (TPSA) is 41.8 Å². The summed E-state index contributed by atoms with van der Waals surface area (Å²) in [5.74, 6) is 0.193. The maximum Gasteiger partial charge on any atom is 0.138 e. The van der Waals surface area contributed by atoms with Gasteiger partial charge in [0.1, 0.15) is 16.5 Å². The maximum absolute atomic E-state index is 12.7. The van der Waals surface area contributed by atoms with Crippen LogP contribution in [-0.2, 0) is 4.84 Å². The molecular weight excluding hydrogens is 253 g/mol. The van der Waals surface area contributed by atoms with Gasteiger partial charge in [-0.25, -0.2) is 4.39 Å². The molecule has 1 N–H and O–H groups in total. The van der Waals surface area contributed by atoms with E-state index in [2.05, 4.69) is 5.16 Å². The number of nitrogens with zero attached hydrogens (tertiary/aromatic N) is 1. The Morgan fingerprint density at radius 2 is 2.11 bits per heavy atom. The molecule has 1 aliphatic heterocycles. The number of rotatable bonds is 3. The van der Waals surface area contributed by atoms with E-state index in [4.69, 9.17) is 4.84 Å². The van der Waals surface area contributed by atoms with Crippen LogP contribution in [0.25, 0.3) is 0 Å². The maximum atomic E-state index is 12.7. The standard InChI is InChI=1S/C13H16FNO2S/c1-13(2)7-12(15-17-13)18-8-11(16)9-3-5-10(14)6-4-9/h3-6,11,16H,7-8H2,1-2H3. The Morgan fingerprint density at radius 1 is 1.44 bits per heavy atom. The van der Waals surface area contributed by atoms with Crippen molar-refractivity contribution in [3.63, 3.8) is 0 Å². The van der Waals surface area contributed by atoms with Gasteiger partial charge in [0.15, 0.2) is 0 Å². The summed E-state index contributed by atoms with van der Waals surface area (Å²) in [6.45, 7) is 3.95. The Hall–Kier alpha value is -1.07. The Morgan fingerprint density at radius 3 is 2.67 bits per heavy atom. The number of hydrogen-bond acceptors (Lipinski definition) is 4. The van der Waals surface area contributed by atoms with Crippen LogP contribution in [0.4, 0.5) is 4.39 Å². The lowest BCUT2D eigenvalue weighted by molar-refractivity contribution is 0.0123. The van der Waals surface area contributed by atoms with Gasteiger partial charge in [-0.05, 0) is 31.5 Å². The number of aliphatic hydroxyl groups excluding tert-OH is 1. The molecule has 0 spiro atoms. The number of aliphatic hydroxyl groups is 1. The minimum absolute atomic E-state index is 0.247. The number of thioether (sulfide) groups is 1. The van der Waals surface area contributed by atoms with Gasteiger partial charge in [-0.2, -0.15) is 0 Å². The lowest BCUT2D eigenvalue weighted by atomic mass is 10.1. The first-order chi connectivity index (χ1) is 8.46. The van der Waals surface area contributed by atoms with Crippen molar-refractivity contribution in [3.05, 3.63) is 35.6 Å². The highest BCUT2D eigenvalue weighted by atomic mass is 32.2. The number of benzene rings is 1. The van der Waals surface area contributed by atoms with Crippen molar-refractivity contribution in [2.45, 2.75) is 32.0 Å². The zero-order valence-electron chi connectivity index (χ0n) is 10.4. The van der Waals surface area contributed by atoms with E-state index in [0.29, 0.717) is 11.3 Å². The molecular formula is C13H16FNO2S. The first kappa shape index (κ1) is 13.4. The van der Waals surface area contributed by atoms with Crippen molar-refractivity contribution < 1.29 is 14.3 Å². The highest BCUT2D eigenvalue weighted by Gasteiger charge is 2.29. The normalized spacial score (nSPS) is 19.2. The molecule has 0 bridgehead atoms. The monoisotopic (exact) mass is 269 g/mol. The SMILES string of the molecule is CC1(C)CC(SCC(O)c2ccc(F)cc2)=NO1. The summed E-state index contributed by atoms with van der Waals surface area (Å²) < 4.78 is 12.7. The Kier molecular flexibility index (Phi) is 3.92. The highest BCUT2D eigenvalue weighted by Crippen LogP contribution is 2.29. The molecule has 18 heavy (non-hydrogen) atoms. The van der Waals surface area contributed by atoms with Crippen LogP contribution in [0.2, 0.25) is 0 Å². The van der Waals surface area contributed by atoms with Crippen LogP contribution >= 0.6 is 11.8 Å². The Bertz CT molecular complexity index is 445. The zero-order valence-corrected chi connectivity index (χ0v) is 11.2.